The molecule has 0 bridgehead atoms. The molecule has 1 N–H and O–H groups in total. The molecule has 0 aromatic heterocycles. The minimum absolute atomic E-state index is 0.0364. The van der Waals surface area contributed by atoms with Crippen LogP contribution in [0.25, 0.3) is 0 Å². The number of amides is 2. The molecule has 180 valence electrons. The largest absolute Gasteiger partial charge is 0.352 e. The molecule has 0 spiro atoms. The van der Waals surface area contributed by atoms with E-state index in [2.05, 4.69) is 21.2 Å². The molecule has 33 heavy (non-hydrogen) atoms. The maximum atomic E-state index is 13.5. The Labute approximate surface area is 205 Å². The number of anilines is 1. The summed E-state index contributed by atoms with van der Waals surface area (Å²) in [4.78, 5) is 27.8. The molecule has 0 aliphatic carbocycles. The van der Waals surface area contributed by atoms with Crippen molar-refractivity contribution >= 4 is 43.5 Å². The van der Waals surface area contributed by atoms with Crippen LogP contribution in [0.5, 0.6) is 0 Å². The average molecular weight is 539 g/mol. The molecule has 0 fully saturated rings. The molecule has 0 aliphatic rings. The highest BCUT2D eigenvalue weighted by molar-refractivity contribution is 9.10. The number of rotatable bonds is 10. The summed E-state index contributed by atoms with van der Waals surface area (Å²) >= 11 is 3.34. The third-order valence-corrected chi connectivity index (χ3v) is 7.23. The monoisotopic (exact) mass is 537 g/mol. The summed E-state index contributed by atoms with van der Waals surface area (Å²) in [5.74, 6) is -0.737. The Hall–Kier alpha value is -2.39. The summed E-state index contributed by atoms with van der Waals surface area (Å²) in [6.07, 6.45) is 1.82. The van der Waals surface area contributed by atoms with Crippen molar-refractivity contribution in [1.29, 1.82) is 0 Å². The molecule has 0 heterocycles. The van der Waals surface area contributed by atoms with E-state index in [4.69, 9.17) is 0 Å². The van der Waals surface area contributed by atoms with Crippen LogP contribution in [0.4, 0.5) is 5.69 Å². The van der Waals surface area contributed by atoms with Crippen molar-refractivity contribution in [2.75, 3.05) is 17.1 Å². The van der Waals surface area contributed by atoms with Crippen molar-refractivity contribution < 1.29 is 18.0 Å². The van der Waals surface area contributed by atoms with Gasteiger partial charge in [0, 0.05) is 17.1 Å². The number of halogens is 1. The van der Waals surface area contributed by atoms with Gasteiger partial charge >= 0.3 is 0 Å². The Bertz CT molecular complexity index is 1070. The van der Waals surface area contributed by atoms with Crippen LogP contribution in [0.2, 0.25) is 0 Å². The van der Waals surface area contributed by atoms with E-state index in [0.29, 0.717) is 5.69 Å². The fraction of sp³-hybridized carbons (Fsp3) is 0.417. The van der Waals surface area contributed by atoms with Crippen molar-refractivity contribution in [3.05, 3.63) is 64.1 Å². The van der Waals surface area contributed by atoms with Gasteiger partial charge in [-0.25, -0.2) is 8.42 Å². The zero-order chi connectivity index (χ0) is 24.8. The lowest BCUT2D eigenvalue weighted by Gasteiger charge is -2.32. The maximum absolute atomic E-state index is 13.5. The van der Waals surface area contributed by atoms with Crippen LogP contribution >= 0.6 is 15.9 Å². The molecule has 9 heteroatoms. The molecule has 2 rings (SSSR count). The SMILES string of the molecule is CC[C@H](C)NC(=O)[C@@H](C)N(Cc1ccccc1C)C(=O)CN(c1ccc(Br)cc1)S(C)(=O)=O. The zero-order valence-electron chi connectivity index (χ0n) is 19.7. The predicted octanol–water partition coefficient (Wildman–Crippen LogP) is 3.86. The van der Waals surface area contributed by atoms with E-state index in [1.54, 1.807) is 31.2 Å². The van der Waals surface area contributed by atoms with E-state index in [0.717, 1.165) is 32.6 Å². The third-order valence-electron chi connectivity index (χ3n) is 5.56. The van der Waals surface area contributed by atoms with Gasteiger partial charge in [0.1, 0.15) is 12.6 Å². The molecule has 0 radical (unpaired) electrons. The molecule has 7 nitrogen and oxygen atoms in total. The van der Waals surface area contributed by atoms with Gasteiger partial charge in [-0.1, -0.05) is 47.1 Å². The molecule has 0 saturated carbocycles. The lowest BCUT2D eigenvalue weighted by molar-refractivity contribution is -0.139. The molecule has 2 amide bonds. The quantitative estimate of drug-likeness (QED) is 0.498. The van der Waals surface area contributed by atoms with Gasteiger partial charge in [-0.15, -0.1) is 0 Å². The summed E-state index contributed by atoms with van der Waals surface area (Å²) in [6, 6.07) is 13.5. The number of carbonyl (C=O) groups is 2. The summed E-state index contributed by atoms with van der Waals surface area (Å²) in [5, 5.41) is 2.92. The van der Waals surface area contributed by atoms with Crippen LogP contribution in [0.15, 0.2) is 53.0 Å². The smallest absolute Gasteiger partial charge is 0.244 e. The molecule has 0 aliphatic heterocycles. The van der Waals surface area contributed by atoms with Crippen LogP contribution in [0.3, 0.4) is 0 Å². The zero-order valence-corrected chi connectivity index (χ0v) is 22.1. The second kappa shape index (κ2) is 11.7. The molecule has 2 aromatic carbocycles. The van der Waals surface area contributed by atoms with Crippen molar-refractivity contribution in [2.24, 2.45) is 0 Å². The van der Waals surface area contributed by atoms with Gasteiger partial charge in [0.15, 0.2) is 0 Å². The Balaban J connectivity index is 2.39. The standard InChI is InChI=1S/C24H32BrN3O4S/c1-6-18(3)26-24(30)19(4)27(15-20-10-8-7-9-17(20)2)23(29)16-28(33(5,31)32)22-13-11-21(25)12-14-22/h7-14,18-19H,6,15-16H2,1-5H3,(H,26,30)/t18-,19+/m0/s1. The highest BCUT2D eigenvalue weighted by Crippen LogP contribution is 2.22. The highest BCUT2D eigenvalue weighted by Gasteiger charge is 2.30. The summed E-state index contributed by atoms with van der Waals surface area (Å²) in [7, 11) is -3.74. The minimum Gasteiger partial charge on any atom is -0.352 e. The first-order valence-electron chi connectivity index (χ1n) is 10.8. The number of sulfonamides is 1. The molecule has 2 aromatic rings. The summed E-state index contributed by atoms with van der Waals surface area (Å²) in [5.41, 5.74) is 2.25. The van der Waals surface area contributed by atoms with E-state index < -0.39 is 28.5 Å². The number of aryl methyl sites for hydroxylation is 1. The van der Waals surface area contributed by atoms with Crippen LogP contribution in [0.1, 0.15) is 38.3 Å². The summed E-state index contributed by atoms with van der Waals surface area (Å²) < 4.78 is 26.9. The maximum Gasteiger partial charge on any atom is 0.244 e. The number of nitrogens with one attached hydrogen (secondary N) is 1. The third kappa shape index (κ3) is 7.57. The second-order valence-electron chi connectivity index (χ2n) is 8.19. The number of carbonyl (C=O) groups excluding carboxylic acids is 2. The normalized spacial score (nSPS) is 13.2. The predicted molar refractivity (Wildman–Crippen MR) is 135 cm³/mol. The lowest BCUT2D eigenvalue weighted by Crippen LogP contribution is -2.52. The van der Waals surface area contributed by atoms with Gasteiger partial charge in [0.05, 0.1) is 11.9 Å². The Morgan fingerprint density at radius 1 is 1.06 bits per heavy atom. The molecular weight excluding hydrogens is 506 g/mol. The Morgan fingerprint density at radius 2 is 1.67 bits per heavy atom. The van der Waals surface area contributed by atoms with Crippen molar-refractivity contribution in [1.82, 2.24) is 10.2 Å². The van der Waals surface area contributed by atoms with Gasteiger partial charge in [0.25, 0.3) is 0 Å². The molecule has 2 atom stereocenters. The number of nitrogens with zero attached hydrogens (tertiary/aromatic N) is 2. The lowest BCUT2D eigenvalue weighted by atomic mass is 10.1. The van der Waals surface area contributed by atoms with Crippen LogP contribution < -0.4 is 9.62 Å². The van der Waals surface area contributed by atoms with Crippen molar-refractivity contribution in [3.8, 4) is 0 Å². The fourth-order valence-corrected chi connectivity index (χ4v) is 4.35. The first-order chi connectivity index (χ1) is 15.4. The van der Waals surface area contributed by atoms with Gasteiger partial charge in [-0.3, -0.25) is 13.9 Å². The first kappa shape index (κ1) is 26.9. The van der Waals surface area contributed by atoms with E-state index >= 15 is 0 Å². The molecular formula is C24H32BrN3O4S. The highest BCUT2D eigenvalue weighted by atomic mass is 79.9. The second-order valence-corrected chi connectivity index (χ2v) is 11.0. The van der Waals surface area contributed by atoms with Gasteiger partial charge in [-0.05, 0) is 62.6 Å². The van der Waals surface area contributed by atoms with Crippen LogP contribution in [-0.2, 0) is 26.2 Å². The van der Waals surface area contributed by atoms with Crippen LogP contribution in [-0.4, -0.2) is 50.0 Å². The number of hydrogen-bond donors (Lipinski definition) is 1. The van der Waals surface area contributed by atoms with Crippen molar-refractivity contribution in [3.63, 3.8) is 0 Å². The van der Waals surface area contributed by atoms with Gasteiger partial charge in [-0.2, -0.15) is 0 Å². The van der Waals surface area contributed by atoms with Gasteiger partial charge in [0.2, 0.25) is 21.8 Å². The van der Waals surface area contributed by atoms with Gasteiger partial charge < -0.3 is 10.2 Å². The fourth-order valence-electron chi connectivity index (χ4n) is 3.24. The van der Waals surface area contributed by atoms with E-state index in [1.165, 1.54) is 4.90 Å². The van der Waals surface area contributed by atoms with Crippen molar-refractivity contribution in [2.45, 2.75) is 52.7 Å². The van der Waals surface area contributed by atoms with E-state index in [-0.39, 0.29) is 18.5 Å². The minimum atomic E-state index is -3.74. The Kier molecular flexibility index (Phi) is 9.48. The molecule has 0 saturated heterocycles. The molecule has 0 unspecified atom stereocenters. The average Bonchev–Trinajstić information content (AvgIpc) is 2.76. The number of benzene rings is 2. The Morgan fingerprint density at radius 3 is 2.21 bits per heavy atom. The van der Waals surface area contributed by atoms with E-state index in [9.17, 15) is 18.0 Å². The summed E-state index contributed by atoms with van der Waals surface area (Å²) in [6.45, 7) is 7.25. The van der Waals surface area contributed by atoms with Crippen LogP contribution in [0, 0.1) is 6.92 Å². The first-order valence-corrected chi connectivity index (χ1v) is 13.5. The van der Waals surface area contributed by atoms with E-state index in [1.807, 2.05) is 45.0 Å². The topological polar surface area (TPSA) is 86.8 Å². The number of hydrogen-bond acceptors (Lipinski definition) is 4.